The van der Waals surface area contributed by atoms with Crippen LogP contribution in [0.2, 0.25) is 0 Å². The molecule has 0 saturated carbocycles. The van der Waals surface area contributed by atoms with Crippen LogP contribution in [0.1, 0.15) is 32.4 Å². The number of halogens is 1. The van der Waals surface area contributed by atoms with E-state index in [0.29, 0.717) is 0 Å². The highest BCUT2D eigenvalue weighted by Gasteiger charge is 2.23. The summed E-state index contributed by atoms with van der Waals surface area (Å²) in [5.74, 6) is 0. The molecule has 0 aliphatic heterocycles. The third kappa shape index (κ3) is 2.60. The maximum absolute atomic E-state index is 6.16. The Morgan fingerprint density at radius 1 is 1.29 bits per heavy atom. The van der Waals surface area contributed by atoms with Gasteiger partial charge in [0.1, 0.15) is 0 Å². The van der Waals surface area contributed by atoms with Gasteiger partial charge in [0.15, 0.2) is 0 Å². The molecular weight excluding hydrogens is 287 g/mol. The van der Waals surface area contributed by atoms with E-state index in [1.165, 1.54) is 3.57 Å². The molecule has 1 unspecified atom stereocenters. The molecule has 0 saturated heterocycles. The lowest BCUT2D eigenvalue weighted by Crippen LogP contribution is -2.27. The Hall–Kier alpha value is -0.290. The Kier molecular flexibility index (Phi) is 3.42. The fourth-order valence-corrected chi connectivity index (χ4v) is 1.80. The van der Waals surface area contributed by atoms with E-state index in [4.69, 9.17) is 11.5 Å². The monoisotopic (exact) mass is 304 g/mol. The van der Waals surface area contributed by atoms with Gasteiger partial charge in [0, 0.05) is 15.3 Å². The molecule has 0 aliphatic carbocycles. The predicted molar refractivity (Wildman–Crippen MR) is 70.0 cm³/mol. The Bertz CT molecular complexity index is 329. The second-order valence-electron chi connectivity index (χ2n) is 4.62. The van der Waals surface area contributed by atoms with Gasteiger partial charge in [0.05, 0.1) is 0 Å². The Morgan fingerprint density at radius 3 is 2.36 bits per heavy atom. The van der Waals surface area contributed by atoms with Gasteiger partial charge in [-0.1, -0.05) is 20.8 Å². The largest absolute Gasteiger partial charge is 0.398 e. The summed E-state index contributed by atoms with van der Waals surface area (Å²) < 4.78 is 1.17. The van der Waals surface area contributed by atoms with Crippen LogP contribution in [0, 0.1) is 8.99 Å². The molecule has 1 atom stereocenters. The normalized spacial score (nSPS) is 14.1. The summed E-state index contributed by atoms with van der Waals surface area (Å²) in [4.78, 5) is 0. The molecule has 1 aromatic rings. The molecule has 1 rings (SSSR count). The van der Waals surface area contributed by atoms with E-state index in [1.54, 1.807) is 0 Å². The Balaban J connectivity index is 3.12. The highest BCUT2D eigenvalue weighted by atomic mass is 127. The average molecular weight is 304 g/mol. The minimum Gasteiger partial charge on any atom is -0.398 e. The van der Waals surface area contributed by atoms with Crippen LogP contribution in [0.25, 0.3) is 0 Å². The van der Waals surface area contributed by atoms with Gasteiger partial charge in [-0.2, -0.15) is 0 Å². The molecule has 0 amide bonds. The number of nitrogen functional groups attached to an aromatic ring is 1. The van der Waals surface area contributed by atoms with E-state index in [-0.39, 0.29) is 11.5 Å². The van der Waals surface area contributed by atoms with Crippen LogP contribution in [0.15, 0.2) is 18.2 Å². The van der Waals surface area contributed by atoms with Crippen molar-refractivity contribution in [1.82, 2.24) is 0 Å². The smallest absolute Gasteiger partial charge is 0.0365 e. The van der Waals surface area contributed by atoms with Gasteiger partial charge in [0.25, 0.3) is 0 Å². The molecule has 0 spiro atoms. The molecule has 0 bridgehead atoms. The third-order valence-electron chi connectivity index (χ3n) is 2.32. The van der Waals surface area contributed by atoms with E-state index in [1.807, 2.05) is 12.1 Å². The fraction of sp³-hybridized carbons (Fsp3) is 0.455. The van der Waals surface area contributed by atoms with E-state index in [2.05, 4.69) is 49.4 Å². The van der Waals surface area contributed by atoms with Crippen molar-refractivity contribution < 1.29 is 0 Å². The number of hydrogen-bond donors (Lipinski definition) is 2. The van der Waals surface area contributed by atoms with Gasteiger partial charge in [-0.15, -0.1) is 0 Å². The van der Waals surface area contributed by atoms with E-state index >= 15 is 0 Å². The maximum atomic E-state index is 6.16. The van der Waals surface area contributed by atoms with Crippen LogP contribution >= 0.6 is 22.6 Å². The molecule has 3 heteroatoms. The van der Waals surface area contributed by atoms with Gasteiger partial charge in [-0.25, -0.2) is 0 Å². The summed E-state index contributed by atoms with van der Waals surface area (Å²) in [5, 5.41) is 0. The SMILES string of the molecule is CC(C)(C)C(N)c1cc(I)ccc1N. The number of nitrogens with two attached hydrogens (primary N) is 2. The molecule has 0 aromatic heterocycles. The number of hydrogen-bond acceptors (Lipinski definition) is 2. The Morgan fingerprint density at radius 2 is 1.86 bits per heavy atom. The van der Waals surface area contributed by atoms with Crippen molar-refractivity contribution in [2.24, 2.45) is 11.1 Å². The lowest BCUT2D eigenvalue weighted by molar-refractivity contribution is 0.327. The first-order chi connectivity index (χ1) is 6.32. The summed E-state index contributed by atoms with van der Waals surface area (Å²) in [7, 11) is 0. The molecule has 2 nitrogen and oxygen atoms in total. The van der Waals surface area contributed by atoms with Crippen molar-refractivity contribution in [3.05, 3.63) is 27.3 Å². The minimum atomic E-state index is -0.0165. The van der Waals surface area contributed by atoms with Gasteiger partial charge in [-0.3, -0.25) is 0 Å². The molecule has 78 valence electrons. The minimum absolute atomic E-state index is 0.0165. The highest BCUT2D eigenvalue weighted by molar-refractivity contribution is 14.1. The van der Waals surface area contributed by atoms with Crippen LogP contribution in [0.3, 0.4) is 0 Å². The van der Waals surface area contributed by atoms with Crippen molar-refractivity contribution >= 4 is 28.3 Å². The van der Waals surface area contributed by atoms with Gasteiger partial charge in [0.2, 0.25) is 0 Å². The summed E-state index contributed by atoms with van der Waals surface area (Å²) in [6.45, 7) is 6.37. The van der Waals surface area contributed by atoms with Crippen molar-refractivity contribution in [2.45, 2.75) is 26.8 Å². The zero-order valence-electron chi connectivity index (χ0n) is 8.84. The van der Waals surface area contributed by atoms with Crippen LogP contribution in [0.5, 0.6) is 0 Å². The van der Waals surface area contributed by atoms with Crippen molar-refractivity contribution in [2.75, 3.05) is 5.73 Å². The molecule has 14 heavy (non-hydrogen) atoms. The molecular formula is C11H17IN2. The molecule has 1 aromatic carbocycles. The van der Waals surface area contributed by atoms with Crippen molar-refractivity contribution in [3.8, 4) is 0 Å². The lowest BCUT2D eigenvalue weighted by atomic mass is 9.82. The Labute approximate surface area is 99.2 Å². The first-order valence-electron chi connectivity index (χ1n) is 4.63. The predicted octanol–water partition coefficient (Wildman–Crippen LogP) is 2.92. The average Bonchev–Trinajstić information content (AvgIpc) is 2.06. The molecule has 0 aliphatic rings. The van der Waals surface area contributed by atoms with Crippen LogP contribution in [-0.2, 0) is 0 Å². The molecule has 0 fully saturated rings. The van der Waals surface area contributed by atoms with Crippen LogP contribution < -0.4 is 11.5 Å². The molecule has 4 N–H and O–H groups in total. The first-order valence-corrected chi connectivity index (χ1v) is 5.71. The first kappa shape index (κ1) is 11.8. The van der Waals surface area contributed by atoms with Crippen LogP contribution in [-0.4, -0.2) is 0 Å². The van der Waals surface area contributed by atoms with Gasteiger partial charge < -0.3 is 11.5 Å². The second-order valence-corrected chi connectivity index (χ2v) is 5.86. The third-order valence-corrected chi connectivity index (χ3v) is 2.99. The van der Waals surface area contributed by atoms with E-state index in [9.17, 15) is 0 Å². The van der Waals surface area contributed by atoms with E-state index < -0.39 is 0 Å². The zero-order valence-corrected chi connectivity index (χ0v) is 11.0. The topological polar surface area (TPSA) is 52.0 Å². The summed E-state index contributed by atoms with van der Waals surface area (Å²) in [6, 6.07) is 5.96. The lowest BCUT2D eigenvalue weighted by Gasteiger charge is -2.28. The quantitative estimate of drug-likeness (QED) is 0.619. The number of benzene rings is 1. The molecule has 0 radical (unpaired) electrons. The maximum Gasteiger partial charge on any atom is 0.0365 e. The van der Waals surface area contributed by atoms with E-state index in [0.717, 1.165) is 11.3 Å². The zero-order chi connectivity index (χ0) is 10.9. The number of rotatable bonds is 1. The van der Waals surface area contributed by atoms with Crippen molar-refractivity contribution in [3.63, 3.8) is 0 Å². The van der Waals surface area contributed by atoms with Crippen molar-refractivity contribution in [1.29, 1.82) is 0 Å². The highest BCUT2D eigenvalue weighted by Crippen LogP contribution is 2.33. The standard InChI is InChI=1S/C11H17IN2/c1-11(2,3)10(14)8-6-7(12)4-5-9(8)13/h4-6,10H,13-14H2,1-3H3. The summed E-state index contributed by atoms with van der Waals surface area (Å²) >= 11 is 2.27. The van der Waals surface area contributed by atoms with Gasteiger partial charge in [-0.05, 0) is 51.8 Å². The summed E-state index contributed by atoms with van der Waals surface area (Å²) in [6.07, 6.45) is 0. The summed E-state index contributed by atoms with van der Waals surface area (Å²) in [5.41, 5.74) is 13.9. The van der Waals surface area contributed by atoms with Gasteiger partial charge >= 0.3 is 0 Å². The van der Waals surface area contributed by atoms with Crippen LogP contribution in [0.4, 0.5) is 5.69 Å². The fourth-order valence-electron chi connectivity index (χ4n) is 1.28. The molecule has 0 heterocycles. The second kappa shape index (κ2) is 4.06. The number of anilines is 1.